The molecule has 13 heteroatoms. The van der Waals surface area contributed by atoms with Crippen LogP contribution in [0.2, 0.25) is 0 Å². The molecule has 0 radical (unpaired) electrons. The molecule has 0 aliphatic carbocycles. The summed E-state index contributed by atoms with van der Waals surface area (Å²) in [5.41, 5.74) is -6.87. The Labute approximate surface area is 189 Å². The van der Waals surface area contributed by atoms with E-state index < -0.39 is 55.7 Å². The van der Waals surface area contributed by atoms with E-state index in [0.29, 0.717) is 12.1 Å². The second-order valence-corrected chi connectivity index (χ2v) is 10.5. The minimum Gasteiger partial charge on any atom is -0.492 e. The predicted octanol–water partition coefficient (Wildman–Crippen LogP) is 3.90. The summed E-state index contributed by atoms with van der Waals surface area (Å²) in [4.78, 5) is 1.41. The summed E-state index contributed by atoms with van der Waals surface area (Å²) < 4.78 is 125. The minimum atomic E-state index is -6.11. The van der Waals surface area contributed by atoms with E-state index in [2.05, 4.69) is 0 Å². The lowest BCUT2D eigenvalue weighted by molar-refractivity contribution is -0.376. The zero-order chi connectivity index (χ0) is 25.3. The molecule has 0 spiro atoms. The van der Waals surface area contributed by atoms with Crippen molar-refractivity contribution < 1.29 is 49.0 Å². The van der Waals surface area contributed by atoms with Crippen LogP contribution < -0.4 is 4.74 Å². The van der Waals surface area contributed by atoms with Crippen molar-refractivity contribution in [1.82, 2.24) is 4.90 Å². The molecule has 5 nitrogen and oxygen atoms in total. The van der Waals surface area contributed by atoms with Crippen molar-refractivity contribution in [3.8, 4) is 5.75 Å². The molecule has 4 rings (SSSR count). The maximum Gasteiger partial charge on any atom is 0.430 e. The van der Waals surface area contributed by atoms with Crippen LogP contribution in [0, 0.1) is 5.82 Å². The summed E-state index contributed by atoms with van der Waals surface area (Å²) in [5.74, 6) is -1.20. The van der Waals surface area contributed by atoms with Crippen molar-refractivity contribution in [2.24, 2.45) is 0 Å². The predicted molar refractivity (Wildman–Crippen MR) is 104 cm³/mol. The second kappa shape index (κ2) is 7.56. The van der Waals surface area contributed by atoms with Crippen LogP contribution >= 0.6 is 0 Å². The molecule has 2 aliphatic heterocycles. The molecule has 1 fully saturated rings. The van der Waals surface area contributed by atoms with Gasteiger partial charge in [0, 0.05) is 17.7 Å². The van der Waals surface area contributed by atoms with Crippen molar-refractivity contribution in [2.45, 2.75) is 40.1 Å². The Kier molecular flexibility index (Phi) is 5.50. The van der Waals surface area contributed by atoms with Gasteiger partial charge in [0.05, 0.1) is 10.9 Å². The highest BCUT2D eigenvalue weighted by molar-refractivity contribution is 7.92. The molecule has 0 saturated carbocycles. The quantitative estimate of drug-likeness (QED) is 0.498. The number of hydrogen-bond donors (Lipinski definition) is 1. The fourth-order valence-corrected chi connectivity index (χ4v) is 7.09. The number of sulfone groups is 1. The molecule has 2 heterocycles. The van der Waals surface area contributed by atoms with Crippen LogP contribution in [0.25, 0.3) is 0 Å². The maximum absolute atomic E-state index is 13.8. The molecule has 0 aromatic heterocycles. The van der Waals surface area contributed by atoms with Gasteiger partial charge < -0.3 is 9.84 Å². The normalized spacial score (nSPS) is 23.9. The molecule has 186 valence electrons. The molecule has 34 heavy (non-hydrogen) atoms. The van der Waals surface area contributed by atoms with Crippen molar-refractivity contribution >= 4 is 9.84 Å². The minimum absolute atomic E-state index is 0.0353. The molecular formula is C21H18F7NO4S. The zero-order valence-electron chi connectivity index (χ0n) is 17.4. The summed E-state index contributed by atoms with van der Waals surface area (Å²) in [6.45, 7) is -0.103. The molecule has 2 aromatic rings. The maximum atomic E-state index is 13.8. The average molecular weight is 513 g/mol. The summed E-state index contributed by atoms with van der Waals surface area (Å²) in [5, 5.41) is 9.75. The average Bonchev–Trinajstić information content (AvgIpc) is 3.10. The van der Waals surface area contributed by atoms with E-state index in [4.69, 9.17) is 4.74 Å². The number of halogens is 7. The number of rotatable bonds is 3. The monoisotopic (exact) mass is 513 g/mol. The first-order chi connectivity index (χ1) is 15.6. The summed E-state index contributed by atoms with van der Waals surface area (Å²) in [6, 6.07) is 4.76. The Hall–Kier alpha value is -2.38. The number of benzene rings is 2. The second-order valence-electron chi connectivity index (χ2n) is 8.32. The lowest BCUT2D eigenvalue weighted by atomic mass is 9.84. The Bertz CT molecular complexity index is 1200. The fraction of sp³-hybridized carbons (Fsp3) is 0.429. The Morgan fingerprint density at radius 1 is 1.03 bits per heavy atom. The van der Waals surface area contributed by atoms with Crippen molar-refractivity contribution in [3.05, 3.63) is 59.4 Å². The lowest BCUT2D eigenvalue weighted by Crippen LogP contribution is -2.54. The number of hydrogen-bond acceptors (Lipinski definition) is 5. The van der Waals surface area contributed by atoms with Crippen LogP contribution in [0.5, 0.6) is 5.75 Å². The van der Waals surface area contributed by atoms with Crippen LogP contribution in [0.4, 0.5) is 30.7 Å². The molecule has 2 aliphatic rings. The van der Waals surface area contributed by atoms with Gasteiger partial charge in [0.15, 0.2) is 9.84 Å². The van der Waals surface area contributed by atoms with E-state index in [1.54, 1.807) is 11.9 Å². The number of likely N-dealkylation sites (tertiary alicyclic amines) is 1. The zero-order valence-corrected chi connectivity index (χ0v) is 18.2. The largest absolute Gasteiger partial charge is 0.492 e. The molecule has 2 atom stereocenters. The first-order valence-electron chi connectivity index (χ1n) is 9.91. The number of nitrogens with zero attached hydrogens (tertiary/aromatic N) is 1. The van der Waals surface area contributed by atoms with Crippen LogP contribution in [-0.4, -0.2) is 57.0 Å². The van der Waals surface area contributed by atoms with Gasteiger partial charge >= 0.3 is 12.4 Å². The van der Waals surface area contributed by atoms with Crippen molar-refractivity contribution in [2.75, 3.05) is 20.2 Å². The molecular weight excluding hydrogens is 495 g/mol. The van der Waals surface area contributed by atoms with Gasteiger partial charge in [-0.2, -0.15) is 26.3 Å². The van der Waals surface area contributed by atoms with Gasteiger partial charge in [-0.1, -0.05) is 12.1 Å². The van der Waals surface area contributed by atoms with Gasteiger partial charge in [-0.3, -0.25) is 4.90 Å². The van der Waals surface area contributed by atoms with Crippen LogP contribution in [0.15, 0.2) is 47.4 Å². The third-order valence-corrected chi connectivity index (χ3v) is 9.13. The van der Waals surface area contributed by atoms with Gasteiger partial charge in [0.25, 0.3) is 5.60 Å². The fourth-order valence-electron chi connectivity index (χ4n) is 4.75. The SMILES string of the molecule is CN1CCC2(S(=O)(=O)c3ccc(F)cc3)c3ccc(C(O)(C(F)(F)F)C(F)(F)F)cc3OCC12. The van der Waals surface area contributed by atoms with E-state index in [1.165, 1.54) is 0 Å². The van der Waals surface area contributed by atoms with Gasteiger partial charge in [-0.05, 0) is 43.8 Å². The summed E-state index contributed by atoms with van der Waals surface area (Å²) in [6.07, 6.45) is -12.3. The highest BCUT2D eigenvalue weighted by atomic mass is 32.2. The number of fused-ring (bicyclic) bond motifs is 3. The molecule has 1 N–H and O–H groups in total. The number of ether oxygens (including phenoxy) is 1. The smallest absolute Gasteiger partial charge is 0.430 e. The van der Waals surface area contributed by atoms with Crippen LogP contribution in [0.3, 0.4) is 0 Å². The number of aliphatic hydroxyl groups is 1. The number of alkyl halides is 6. The van der Waals surface area contributed by atoms with Gasteiger partial charge in [0.1, 0.15) is 22.9 Å². The highest BCUT2D eigenvalue weighted by Crippen LogP contribution is 2.55. The first kappa shape index (κ1) is 24.7. The lowest BCUT2D eigenvalue weighted by Gasteiger charge is -2.42. The third-order valence-electron chi connectivity index (χ3n) is 6.58. The van der Waals surface area contributed by atoms with E-state index >= 15 is 0 Å². The third kappa shape index (κ3) is 3.23. The molecule has 2 unspecified atom stereocenters. The standard InChI is InChI=1S/C21H18F7NO4S/c1-29-9-8-18(34(31,32)14-5-3-13(22)4-6-14)15-7-2-12(10-16(15)33-11-17(18)29)19(30,20(23,24)25)21(26,27)28/h2-7,10,17,30H,8-9,11H2,1H3. The summed E-state index contributed by atoms with van der Waals surface area (Å²) in [7, 11) is -2.71. The first-order valence-corrected chi connectivity index (χ1v) is 11.4. The Morgan fingerprint density at radius 3 is 2.18 bits per heavy atom. The Balaban J connectivity index is 1.94. The molecule has 2 aromatic carbocycles. The van der Waals surface area contributed by atoms with Gasteiger partial charge in [-0.15, -0.1) is 0 Å². The van der Waals surface area contributed by atoms with E-state index in [0.717, 1.165) is 30.3 Å². The molecule has 0 bridgehead atoms. The van der Waals surface area contributed by atoms with Gasteiger partial charge in [0.2, 0.25) is 0 Å². The van der Waals surface area contributed by atoms with E-state index in [1.807, 2.05) is 0 Å². The summed E-state index contributed by atoms with van der Waals surface area (Å²) >= 11 is 0. The van der Waals surface area contributed by atoms with E-state index in [9.17, 15) is 44.3 Å². The Morgan fingerprint density at radius 2 is 1.62 bits per heavy atom. The number of likely N-dealkylation sites (N-methyl/N-ethyl adjacent to an activating group) is 1. The van der Waals surface area contributed by atoms with Crippen molar-refractivity contribution in [1.29, 1.82) is 0 Å². The highest BCUT2D eigenvalue weighted by Gasteiger charge is 2.72. The van der Waals surface area contributed by atoms with Crippen LogP contribution in [-0.2, 0) is 20.2 Å². The van der Waals surface area contributed by atoms with Crippen LogP contribution in [0.1, 0.15) is 17.5 Å². The topological polar surface area (TPSA) is 66.8 Å². The van der Waals surface area contributed by atoms with Crippen molar-refractivity contribution in [3.63, 3.8) is 0 Å². The van der Waals surface area contributed by atoms with E-state index in [-0.39, 0.29) is 30.0 Å². The van der Waals surface area contributed by atoms with Gasteiger partial charge in [-0.25, -0.2) is 12.8 Å². The molecule has 0 amide bonds. The molecule has 1 saturated heterocycles.